The summed E-state index contributed by atoms with van der Waals surface area (Å²) >= 11 is 7.67. The molecule has 1 aliphatic heterocycles. The van der Waals surface area contributed by atoms with Gasteiger partial charge in [0.05, 0.1) is 5.02 Å². The Morgan fingerprint density at radius 1 is 1.47 bits per heavy atom. The van der Waals surface area contributed by atoms with Crippen LogP contribution in [0.3, 0.4) is 0 Å². The molecule has 0 aromatic heterocycles. The van der Waals surface area contributed by atoms with Crippen LogP contribution in [0, 0.1) is 5.92 Å². The number of rotatable bonds is 5. The summed E-state index contributed by atoms with van der Waals surface area (Å²) < 4.78 is 0. The van der Waals surface area contributed by atoms with Gasteiger partial charge in [0, 0.05) is 42.7 Å². The van der Waals surface area contributed by atoms with Crippen molar-refractivity contribution in [1.29, 1.82) is 0 Å². The molecule has 2 rings (SSSR count). The van der Waals surface area contributed by atoms with Crippen LogP contribution < -0.4 is 0 Å². The SMILES string of the molecule is O=C(CCSc1ccccc1Cl)N1CCC(CO)C1. The van der Waals surface area contributed by atoms with Gasteiger partial charge in [0.1, 0.15) is 0 Å². The number of amides is 1. The van der Waals surface area contributed by atoms with Crippen LogP contribution in [0.1, 0.15) is 12.8 Å². The van der Waals surface area contributed by atoms with Crippen molar-refractivity contribution < 1.29 is 9.90 Å². The maximum absolute atomic E-state index is 12.0. The van der Waals surface area contributed by atoms with Crippen molar-refractivity contribution in [3.8, 4) is 0 Å². The van der Waals surface area contributed by atoms with E-state index in [1.807, 2.05) is 29.2 Å². The fourth-order valence-electron chi connectivity index (χ4n) is 2.18. The molecule has 5 heteroatoms. The molecule has 1 heterocycles. The van der Waals surface area contributed by atoms with E-state index < -0.39 is 0 Å². The molecule has 1 aliphatic rings. The predicted octanol–water partition coefficient (Wildman–Crippen LogP) is 2.66. The summed E-state index contributed by atoms with van der Waals surface area (Å²) in [5.41, 5.74) is 0. The maximum atomic E-state index is 12.0. The van der Waals surface area contributed by atoms with Gasteiger partial charge in [0.25, 0.3) is 0 Å². The van der Waals surface area contributed by atoms with Crippen LogP contribution in [0.15, 0.2) is 29.2 Å². The van der Waals surface area contributed by atoms with E-state index in [9.17, 15) is 4.79 Å². The van der Waals surface area contributed by atoms with Crippen molar-refractivity contribution in [3.63, 3.8) is 0 Å². The zero-order chi connectivity index (χ0) is 13.7. The van der Waals surface area contributed by atoms with Crippen molar-refractivity contribution in [2.45, 2.75) is 17.7 Å². The van der Waals surface area contributed by atoms with Crippen LogP contribution in [0.5, 0.6) is 0 Å². The number of nitrogens with zero attached hydrogens (tertiary/aromatic N) is 1. The van der Waals surface area contributed by atoms with Crippen molar-refractivity contribution in [1.82, 2.24) is 4.90 Å². The highest BCUT2D eigenvalue weighted by atomic mass is 35.5. The van der Waals surface area contributed by atoms with Crippen LogP contribution in [0.4, 0.5) is 0 Å². The zero-order valence-corrected chi connectivity index (χ0v) is 12.3. The molecular formula is C14H18ClNO2S. The zero-order valence-electron chi connectivity index (χ0n) is 10.7. The molecule has 0 aliphatic carbocycles. The molecule has 104 valence electrons. The van der Waals surface area contributed by atoms with Crippen molar-refractivity contribution in [2.24, 2.45) is 5.92 Å². The lowest BCUT2D eigenvalue weighted by Crippen LogP contribution is -2.29. The van der Waals surface area contributed by atoms with Gasteiger partial charge in [0.15, 0.2) is 0 Å². The van der Waals surface area contributed by atoms with E-state index in [4.69, 9.17) is 16.7 Å². The van der Waals surface area contributed by atoms with Gasteiger partial charge in [-0.05, 0) is 18.6 Å². The van der Waals surface area contributed by atoms with Crippen LogP contribution in [-0.4, -0.2) is 41.4 Å². The molecule has 1 aromatic rings. The number of aliphatic hydroxyl groups is 1. The standard InChI is InChI=1S/C14H18ClNO2S/c15-12-3-1-2-4-13(12)19-8-6-14(18)16-7-5-11(9-16)10-17/h1-4,11,17H,5-10H2. The Morgan fingerprint density at radius 2 is 2.26 bits per heavy atom. The fraction of sp³-hybridized carbons (Fsp3) is 0.500. The lowest BCUT2D eigenvalue weighted by Gasteiger charge is -2.16. The van der Waals surface area contributed by atoms with Gasteiger partial charge in [-0.2, -0.15) is 0 Å². The highest BCUT2D eigenvalue weighted by molar-refractivity contribution is 7.99. The number of hydrogen-bond donors (Lipinski definition) is 1. The first-order valence-corrected chi connectivity index (χ1v) is 7.83. The van der Waals surface area contributed by atoms with Gasteiger partial charge < -0.3 is 10.0 Å². The highest BCUT2D eigenvalue weighted by Gasteiger charge is 2.25. The number of benzene rings is 1. The summed E-state index contributed by atoms with van der Waals surface area (Å²) in [5, 5.41) is 9.80. The summed E-state index contributed by atoms with van der Waals surface area (Å²) in [6.07, 6.45) is 1.44. The van der Waals surface area contributed by atoms with E-state index in [2.05, 4.69) is 0 Å². The summed E-state index contributed by atoms with van der Waals surface area (Å²) in [4.78, 5) is 14.9. The molecule has 0 spiro atoms. The number of carbonyl (C=O) groups excluding carboxylic acids is 1. The topological polar surface area (TPSA) is 40.5 Å². The molecule has 3 nitrogen and oxygen atoms in total. The van der Waals surface area contributed by atoms with E-state index in [1.54, 1.807) is 11.8 Å². The first-order chi connectivity index (χ1) is 9.20. The Hall–Kier alpha value is -0.710. The molecule has 1 saturated heterocycles. The van der Waals surface area contributed by atoms with Gasteiger partial charge in [-0.25, -0.2) is 0 Å². The number of hydrogen-bond acceptors (Lipinski definition) is 3. The lowest BCUT2D eigenvalue weighted by atomic mass is 10.1. The molecule has 0 radical (unpaired) electrons. The average molecular weight is 300 g/mol. The van der Waals surface area contributed by atoms with E-state index in [-0.39, 0.29) is 18.4 Å². The second-order valence-corrected chi connectivity index (χ2v) is 6.25. The molecule has 1 aromatic carbocycles. The largest absolute Gasteiger partial charge is 0.396 e. The third kappa shape index (κ3) is 4.13. The third-order valence-electron chi connectivity index (χ3n) is 3.31. The molecule has 19 heavy (non-hydrogen) atoms. The van der Waals surface area contributed by atoms with Crippen LogP contribution in [-0.2, 0) is 4.79 Å². The summed E-state index contributed by atoms with van der Waals surface area (Å²) in [5.74, 6) is 1.18. The number of halogens is 1. The minimum absolute atomic E-state index is 0.176. The van der Waals surface area contributed by atoms with E-state index in [1.165, 1.54) is 0 Å². The Balaban J connectivity index is 1.74. The molecule has 0 bridgehead atoms. The third-order valence-corrected chi connectivity index (χ3v) is 4.82. The number of aliphatic hydroxyl groups excluding tert-OH is 1. The minimum Gasteiger partial charge on any atom is -0.396 e. The number of carbonyl (C=O) groups is 1. The van der Waals surface area contributed by atoms with Crippen LogP contribution in [0.2, 0.25) is 5.02 Å². The Labute approximate surface area is 122 Å². The smallest absolute Gasteiger partial charge is 0.223 e. The van der Waals surface area contributed by atoms with Crippen molar-refractivity contribution >= 4 is 29.3 Å². The molecule has 1 unspecified atom stereocenters. The lowest BCUT2D eigenvalue weighted by molar-refractivity contribution is -0.129. The van der Waals surface area contributed by atoms with Crippen LogP contribution in [0.25, 0.3) is 0 Å². The van der Waals surface area contributed by atoms with E-state index in [0.717, 1.165) is 28.6 Å². The van der Waals surface area contributed by atoms with Gasteiger partial charge >= 0.3 is 0 Å². The quantitative estimate of drug-likeness (QED) is 0.850. The predicted molar refractivity (Wildman–Crippen MR) is 78.6 cm³/mol. The van der Waals surface area contributed by atoms with Crippen LogP contribution >= 0.6 is 23.4 Å². The normalized spacial score (nSPS) is 18.8. The van der Waals surface area contributed by atoms with Crippen molar-refractivity contribution in [3.05, 3.63) is 29.3 Å². The maximum Gasteiger partial charge on any atom is 0.223 e. The van der Waals surface area contributed by atoms with Gasteiger partial charge in [-0.15, -0.1) is 11.8 Å². The van der Waals surface area contributed by atoms with Gasteiger partial charge in [-0.3, -0.25) is 4.79 Å². The molecule has 1 fully saturated rings. The summed E-state index contributed by atoms with van der Waals surface area (Å²) in [7, 11) is 0. The van der Waals surface area contributed by atoms with Gasteiger partial charge in [-0.1, -0.05) is 23.7 Å². The van der Waals surface area contributed by atoms with E-state index >= 15 is 0 Å². The Bertz CT molecular complexity index is 441. The summed E-state index contributed by atoms with van der Waals surface area (Å²) in [6, 6.07) is 7.67. The highest BCUT2D eigenvalue weighted by Crippen LogP contribution is 2.27. The summed E-state index contributed by atoms with van der Waals surface area (Å²) in [6.45, 7) is 1.66. The first kappa shape index (κ1) is 14.7. The Kier molecular flexibility index (Phi) is 5.55. The van der Waals surface area contributed by atoms with Gasteiger partial charge in [0.2, 0.25) is 5.91 Å². The van der Waals surface area contributed by atoms with E-state index in [0.29, 0.717) is 13.0 Å². The molecular weight excluding hydrogens is 282 g/mol. The molecule has 0 saturated carbocycles. The first-order valence-electron chi connectivity index (χ1n) is 6.46. The monoisotopic (exact) mass is 299 g/mol. The molecule has 1 N–H and O–H groups in total. The van der Waals surface area contributed by atoms with Crippen molar-refractivity contribution in [2.75, 3.05) is 25.4 Å². The minimum atomic E-state index is 0.176. The number of likely N-dealkylation sites (tertiary alicyclic amines) is 1. The molecule has 1 atom stereocenters. The molecule has 1 amide bonds. The number of thioether (sulfide) groups is 1. The Morgan fingerprint density at radius 3 is 2.95 bits per heavy atom. The average Bonchev–Trinajstić information content (AvgIpc) is 2.90. The fourth-order valence-corrected chi connectivity index (χ4v) is 3.35. The second kappa shape index (κ2) is 7.17. The second-order valence-electron chi connectivity index (χ2n) is 4.71.